The molecular weight excluding hydrogens is 296 g/mol. The normalized spacial score (nSPS) is 10.4. The molecule has 2 aromatic rings. The van der Waals surface area contributed by atoms with Crippen LogP contribution in [-0.4, -0.2) is 32.8 Å². The third kappa shape index (κ3) is 2.76. The van der Waals surface area contributed by atoms with Gasteiger partial charge in [0.2, 0.25) is 0 Å². The van der Waals surface area contributed by atoms with Crippen LogP contribution in [0.25, 0.3) is 0 Å². The third-order valence-corrected chi connectivity index (χ3v) is 3.14. The standard InChI is InChI=1S/C12H13BrN4O/c1-8-3-4-10(13)11(16-8)12(18)17(2)6-9-5-14-7-15-9/h3-5,7H,6H2,1-2H3,(H,14,15). The van der Waals surface area contributed by atoms with E-state index in [1.807, 2.05) is 19.1 Å². The lowest BCUT2D eigenvalue weighted by molar-refractivity contribution is 0.0776. The number of carbonyl (C=O) groups excluding carboxylic acids is 1. The number of H-pyrrole nitrogens is 1. The van der Waals surface area contributed by atoms with Crippen LogP contribution in [0.5, 0.6) is 0 Å². The van der Waals surface area contributed by atoms with Crippen LogP contribution in [0, 0.1) is 6.92 Å². The highest BCUT2D eigenvalue weighted by Crippen LogP contribution is 2.17. The Bertz CT molecular complexity index is 553. The topological polar surface area (TPSA) is 61.9 Å². The molecule has 0 aliphatic rings. The number of amides is 1. The maximum absolute atomic E-state index is 12.2. The zero-order chi connectivity index (χ0) is 13.1. The molecule has 0 aromatic carbocycles. The highest BCUT2D eigenvalue weighted by molar-refractivity contribution is 9.10. The Hall–Kier alpha value is -1.69. The highest BCUT2D eigenvalue weighted by Gasteiger charge is 2.17. The Morgan fingerprint density at radius 1 is 1.50 bits per heavy atom. The van der Waals surface area contributed by atoms with Crippen molar-refractivity contribution in [3.05, 3.63) is 46.2 Å². The first kappa shape index (κ1) is 12.8. The third-order valence-electron chi connectivity index (χ3n) is 2.50. The van der Waals surface area contributed by atoms with Crippen LogP contribution in [0.3, 0.4) is 0 Å². The van der Waals surface area contributed by atoms with Crippen molar-refractivity contribution in [2.24, 2.45) is 0 Å². The molecule has 18 heavy (non-hydrogen) atoms. The summed E-state index contributed by atoms with van der Waals surface area (Å²) in [6.45, 7) is 2.33. The summed E-state index contributed by atoms with van der Waals surface area (Å²) in [5.74, 6) is -0.125. The predicted octanol–water partition coefficient (Wildman–Crippen LogP) is 2.15. The van der Waals surface area contributed by atoms with Gasteiger partial charge in [0.1, 0.15) is 5.69 Å². The van der Waals surface area contributed by atoms with Gasteiger partial charge in [0.15, 0.2) is 0 Å². The quantitative estimate of drug-likeness (QED) is 0.945. The number of aromatic amines is 1. The van der Waals surface area contributed by atoms with Crippen LogP contribution >= 0.6 is 15.9 Å². The van der Waals surface area contributed by atoms with Gasteiger partial charge in [-0.1, -0.05) is 0 Å². The molecule has 0 radical (unpaired) electrons. The maximum atomic E-state index is 12.2. The SMILES string of the molecule is Cc1ccc(Br)c(C(=O)N(C)Cc2cnc[nH]2)n1. The first-order chi connectivity index (χ1) is 8.58. The number of carbonyl (C=O) groups is 1. The molecule has 0 bridgehead atoms. The number of imidazole rings is 1. The summed E-state index contributed by atoms with van der Waals surface area (Å²) in [4.78, 5) is 25.0. The molecule has 5 nitrogen and oxygen atoms in total. The van der Waals surface area contributed by atoms with Gasteiger partial charge < -0.3 is 9.88 Å². The van der Waals surface area contributed by atoms with Crippen LogP contribution in [0.4, 0.5) is 0 Å². The van der Waals surface area contributed by atoms with Crippen LogP contribution in [-0.2, 0) is 6.54 Å². The number of rotatable bonds is 3. The maximum Gasteiger partial charge on any atom is 0.273 e. The molecule has 6 heteroatoms. The van der Waals surface area contributed by atoms with Gasteiger partial charge in [0.25, 0.3) is 5.91 Å². The molecule has 2 heterocycles. The lowest BCUT2D eigenvalue weighted by Crippen LogP contribution is -2.27. The van der Waals surface area contributed by atoms with Crippen molar-refractivity contribution >= 4 is 21.8 Å². The summed E-state index contributed by atoms with van der Waals surface area (Å²) >= 11 is 3.35. The van der Waals surface area contributed by atoms with Gasteiger partial charge in [-0.15, -0.1) is 0 Å². The number of aromatic nitrogens is 3. The van der Waals surface area contributed by atoms with E-state index in [1.165, 1.54) is 0 Å². The van der Waals surface area contributed by atoms with Crippen LogP contribution in [0.2, 0.25) is 0 Å². The van der Waals surface area contributed by atoms with Crippen molar-refractivity contribution in [3.8, 4) is 0 Å². The fraction of sp³-hybridized carbons (Fsp3) is 0.250. The van der Waals surface area contributed by atoms with Crippen LogP contribution in [0.15, 0.2) is 29.1 Å². The molecule has 0 saturated heterocycles. The van der Waals surface area contributed by atoms with E-state index in [4.69, 9.17) is 0 Å². The largest absolute Gasteiger partial charge is 0.347 e. The number of pyridine rings is 1. The Kier molecular flexibility index (Phi) is 3.76. The highest BCUT2D eigenvalue weighted by atomic mass is 79.9. The Balaban J connectivity index is 2.17. The van der Waals surface area contributed by atoms with Gasteiger partial charge >= 0.3 is 0 Å². The van der Waals surface area contributed by atoms with E-state index in [0.717, 1.165) is 11.4 Å². The fourth-order valence-electron chi connectivity index (χ4n) is 1.57. The Morgan fingerprint density at radius 2 is 2.28 bits per heavy atom. The summed E-state index contributed by atoms with van der Waals surface area (Å²) in [5.41, 5.74) is 2.13. The molecule has 0 aliphatic heterocycles. The molecule has 2 aromatic heterocycles. The molecule has 2 rings (SSSR count). The van der Waals surface area contributed by atoms with Crippen molar-refractivity contribution < 1.29 is 4.79 Å². The van der Waals surface area contributed by atoms with Crippen molar-refractivity contribution in [1.29, 1.82) is 0 Å². The molecular formula is C12H13BrN4O. The van der Waals surface area contributed by atoms with E-state index in [9.17, 15) is 4.79 Å². The molecule has 0 saturated carbocycles. The minimum Gasteiger partial charge on any atom is -0.347 e. The summed E-state index contributed by atoms with van der Waals surface area (Å²) in [6.07, 6.45) is 3.29. The molecule has 0 fully saturated rings. The summed E-state index contributed by atoms with van der Waals surface area (Å²) in [6, 6.07) is 3.69. The van der Waals surface area contributed by atoms with E-state index in [-0.39, 0.29) is 5.91 Å². The van der Waals surface area contributed by atoms with Crippen LogP contribution in [0.1, 0.15) is 21.9 Å². The molecule has 1 amide bonds. The zero-order valence-corrected chi connectivity index (χ0v) is 11.7. The molecule has 0 aliphatic carbocycles. The van der Waals surface area contributed by atoms with E-state index in [1.54, 1.807) is 24.5 Å². The summed E-state index contributed by atoms with van der Waals surface area (Å²) in [5, 5.41) is 0. The first-order valence-corrected chi connectivity index (χ1v) is 6.23. The number of nitrogens with zero attached hydrogens (tertiary/aromatic N) is 3. The van der Waals surface area contributed by atoms with Crippen molar-refractivity contribution in [2.75, 3.05) is 7.05 Å². The first-order valence-electron chi connectivity index (χ1n) is 5.44. The number of nitrogens with one attached hydrogen (secondary N) is 1. The second-order valence-corrected chi connectivity index (χ2v) is 4.88. The fourth-order valence-corrected chi connectivity index (χ4v) is 1.96. The summed E-state index contributed by atoms with van der Waals surface area (Å²) in [7, 11) is 1.74. The van der Waals surface area contributed by atoms with Crippen LogP contribution < -0.4 is 0 Å². The lowest BCUT2D eigenvalue weighted by atomic mass is 10.3. The molecule has 94 valence electrons. The molecule has 0 spiro atoms. The number of hydrogen-bond donors (Lipinski definition) is 1. The Labute approximate surface area is 113 Å². The van der Waals surface area contributed by atoms with Gasteiger partial charge in [0, 0.05) is 23.4 Å². The predicted molar refractivity (Wildman–Crippen MR) is 71.1 cm³/mol. The minimum atomic E-state index is -0.125. The van der Waals surface area contributed by atoms with E-state index in [2.05, 4.69) is 30.9 Å². The van der Waals surface area contributed by atoms with Gasteiger partial charge in [-0.25, -0.2) is 9.97 Å². The van der Waals surface area contributed by atoms with Crippen molar-refractivity contribution in [3.63, 3.8) is 0 Å². The average molecular weight is 309 g/mol. The van der Waals surface area contributed by atoms with E-state index < -0.39 is 0 Å². The van der Waals surface area contributed by atoms with Crippen molar-refractivity contribution in [2.45, 2.75) is 13.5 Å². The van der Waals surface area contributed by atoms with Gasteiger partial charge in [0.05, 0.1) is 18.6 Å². The lowest BCUT2D eigenvalue weighted by Gasteiger charge is -2.16. The number of halogens is 1. The molecule has 0 unspecified atom stereocenters. The van der Waals surface area contributed by atoms with Gasteiger partial charge in [-0.3, -0.25) is 4.79 Å². The average Bonchev–Trinajstić information content (AvgIpc) is 2.84. The van der Waals surface area contributed by atoms with E-state index >= 15 is 0 Å². The number of aryl methyl sites for hydroxylation is 1. The summed E-state index contributed by atoms with van der Waals surface area (Å²) < 4.78 is 0.703. The number of hydrogen-bond acceptors (Lipinski definition) is 3. The second kappa shape index (κ2) is 5.30. The monoisotopic (exact) mass is 308 g/mol. The van der Waals surface area contributed by atoms with Crippen molar-refractivity contribution in [1.82, 2.24) is 19.9 Å². The van der Waals surface area contributed by atoms with E-state index in [0.29, 0.717) is 16.7 Å². The molecule has 0 atom stereocenters. The Morgan fingerprint density at radius 3 is 2.94 bits per heavy atom. The van der Waals surface area contributed by atoms with Gasteiger partial charge in [-0.05, 0) is 35.0 Å². The molecule has 1 N–H and O–H groups in total. The zero-order valence-electron chi connectivity index (χ0n) is 10.1. The minimum absolute atomic E-state index is 0.125. The van der Waals surface area contributed by atoms with Gasteiger partial charge in [-0.2, -0.15) is 0 Å². The second-order valence-electron chi connectivity index (χ2n) is 4.02. The smallest absolute Gasteiger partial charge is 0.273 e.